The normalized spacial score (nSPS) is 12.8. The van der Waals surface area contributed by atoms with Crippen molar-refractivity contribution in [3.63, 3.8) is 0 Å². The summed E-state index contributed by atoms with van der Waals surface area (Å²) in [6.07, 6.45) is 5.23. The third-order valence-corrected chi connectivity index (χ3v) is 3.07. The summed E-state index contributed by atoms with van der Waals surface area (Å²) in [5.74, 6) is 0.0186. The molecule has 4 heteroatoms. The summed E-state index contributed by atoms with van der Waals surface area (Å²) in [5, 5.41) is 0. The van der Waals surface area contributed by atoms with Crippen LogP contribution in [0.2, 0.25) is 0 Å². The molecule has 0 saturated carbocycles. The molecule has 3 aromatic heterocycles. The summed E-state index contributed by atoms with van der Waals surface area (Å²) >= 11 is 0. The highest BCUT2D eigenvalue weighted by molar-refractivity contribution is 6.16. The fourth-order valence-corrected chi connectivity index (χ4v) is 2.32. The van der Waals surface area contributed by atoms with Crippen LogP contribution in [0, 0.1) is 0 Å². The summed E-state index contributed by atoms with van der Waals surface area (Å²) in [6, 6.07) is 7.42. The minimum absolute atomic E-state index is 0.0186. The van der Waals surface area contributed by atoms with Crippen molar-refractivity contribution in [2.24, 2.45) is 0 Å². The van der Waals surface area contributed by atoms with E-state index in [-0.39, 0.29) is 5.78 Å². The van der Waals surface area contributed by atoms with E-state index < -0.39 is 0 Å². The van der Waals surface area contributed by atoms with Gasteiger partial charge in [-0.15, -0.1) is 0 Å². The van der Waals surface area contributed by atoms with Crippen molar-refractivity contribution in [3.8, 4) is 5.69 Å². The van der Waals surface area contributed by atoms with Crippen LogP contribution in [-0.4, -0.2) is 20.3 Å². The average molecular weight is 221 g/mol. The molecule has 4 rings (SSSR count). The van der Waals surface area contributed by atoms with E-state index in [1.54, 1.807) is 12.4 Å². The van der Waals surface area contributed by atoms with Crippen LogP contribution in [0.5, 0.6) is 0 Å². The summed E-state index contributed by atoms with van der Waals surface area (Å²) in [4.78, 5) is 20.7. The van der Waals surface area contributed by atoms with Crippen molar-refractivity contribution in [3.05, 3.63) is 54.1 Å². The highest BCUT2D eigenvalue weighted by Crippen LogP contribution is 2.31. The van der Waals surface area contributed by atoms with E-state index in [9.17, 15) is 4.79 Å². The second-order valence-corrected chi connectivity index (χ2v) is 3.98. The van der Waals surface area contributed by atoms with E-state index in [0.29, 0.717) is 11.3 Å². The number of carbonyl (C=O) groups is 1. The van der Waals surface area contributed by atoms with Crippen molar-refractivity contribution in [1.82, 2.24) is 14.5 Å². The highest BCUT2D eigenvalue weighted by atomic mass is 16.1. The molecular formula is C13H7N3O. The van der Waals surface area contributed by atoms with Crippen LogP contribution in [0.25, 0.3) is 16.7 Å². The third kappa shape index (κ3) is 0.945. The second kappa shape index (κ2) is 2.79. The van der Waals surface area contributed by atoms with Crippen molar-refractivity contribution < 1.29 is 4.79 Å². The second-order valence-electron chi connectivity index (χ2n) is 3.98. The van der Waals surface area contributed by atoms with Gasteiger partial charge < -0.3 is 4.57 Å². The molecule has 4 heterocycles. The number of carbonyl (C=O) groups excluding carboxylic acids is 1. The van der Waals surface area contributed by atoms with E-state index in [1.165, 1.54) is 0 Å². The Morgan fingerprint density at radius 2 is 2.06 bits per heavy atom. The Balaban J connectivity index is 2.24. The van der Waals surface area contributed by atoms with Crippen LogP contribution in [0.1, 0.15) is 16.1 Å². The van der Waals surface area contributed by atoms with Gasteiger partial charge in [0.05, 0.1) is 22.5 Å². The van der Waals surface area contributed by atoms with Gasteiger partial charge in [-0.25, -0.2) is 0 Å². The fraction of sp³-hybridized carbons (Fsp3) is 0. The lowest BCUT2D eigenvalue weighted by molar-refractivity contribution is 0.104. The summed E-state index contributed by atoms with van der Waals surface area (Å²) in [6.45, 7) is 0. The molecule has 0 spiro atoms. The van der Waals surface area contributed by atoms with Crippen LogP contribution < -0.4 is 0 Å². The molecule has 0 fully saturated rings. The molecular weight excluding hydrogens is 214 g/mol. The number of rotatable bonds is 0. The predicted molar refractivity (Wildman–Crippen MR) is 62.3 cm³/mol. The van der Waals surface area contributed by atoms with Gasteiger partial charge in [-0.05, 0) is 24.3 Å². The van der Waals surface area contributed by atoms with Gasteiger partial charge in [-0.3, -0.25) is 14.8 Å². The highest BCUT2D eigenvalue weighted by Gasteiger charge is 2.28. The molecule has 0 N–H and O–H groups in total. The maximum absolute atomic E-state index is 12.1. The van der Waals surface area contributed by atoms with Crippen LogP contribution in [0.15, 0.2) is 42.9 Å². The largest absolute Gasteiger partial charge is 0.311 e. The minimum atomic E-state index is 0.0186. The molecule has 0 radical (unpaired) electrons. The Hall–Kier alpha value is -2.49. The zero-order chi connectivity index (χ0) is 11.4. The number of nitrogens with zero attached hydrogens (tertiary/aromatic N) is 3. The van der Waals surface area contributed by atoms with E-state index in [0.717, 1.165) is 16.7 Å². The molecule has 3 aromatic rings. The first-order chi connectivity index (χ1) is 8.36. The molecule has 1 aliphatic heterocycles. The molecule has 0 unspecified atom stereocenters. The van der Waals surface area contributed by atoms with Gasteiger partial charge in [-0.1, -0.05) is 0 Å². The van der Waals surface area contributed by atoms with Gasteiger partial charge in [0.2, 0.25) is 5.78 Å². The standard InChI is InChI=1S/C13H7N3O/c17-13-8-7-15-9-3-1-5-14-11(9)12(8)16-6-2-4-10(13)16/h1-7H. The molecule has 0 aromatic carbocycles. The zero-order valence-corrected chi connectivity index (χ0v) is 8.79. The monoisotopic (exact) mass is 221 g/mol. The van der Waals surface area contributed by atoms with Crippen LogP contribution in [-0.2, 0) is 0 Å². The van der Waals surface area contributed by atoms with Gasteiger partial charge >= 0.3 is 0 Å². The first kappa shape index (κ1) is 8.64. The number of ketones is 1. The third-order valence-electron chi connectivity index (χ3n) is 3.07. The Labute approximate surface area is 96.5 Å². The molecule has 80 valence electrons. The van der Waals surface area contributed by atoms with Gasteiger partial charge in [-0.2, -0.15) is 0 Å². The van der Waals surface area contributed by atoms with Gasteiger partial charge in [0, 0.05) is 18.6 Å². The van der Waals surface area contributed by atoms with Crippen molar-refractivity contribution >= 4 is 16.8 Å². The predicted octanol–water partition coefficient (Wildman–Crippen LogP) is 1.96. The van der Waals surface area contributed by atoms with Crippen LogP contribution in [0.4, 0.5) is 0 Å². The van der Waals surface area contributed by atoms with E-state index in [1.807, 2.05) is 35.0 Å². The van der Waals surface area contributed by atoms with Gasteiger partial charge in [0.1, 0.15) is 5.52 Å². The lowest BCUT2D eigenvalue weighted by Crippen LogP contribution is -1.96. The number of hydrogen-bond acceptors (Lipinski definition) is 3. The maximum Gasteiger partial charge on any atom is 0.213 e. The van der Waals surface area contributed by atoms with E-state index >= 15 is 0 Å². The lowest BCUT2D eigenvalue weighted by Gasteiger charge is -2.04. The SMILES string of the molecule is O=C1c2cnc3cccnc3c2-n2cccc21. The van der Waals surface area contributed by atoms with Crippen LogP contribution >= 0.6 is 0 Å². The first-order valence-corrected chi connectivity index (χ1v) is 5.32. The molecule has 0 saturated heterocycles. The van der Waals surface area contributed by atoms with E-state index in [4.69, 9.17) is 0 Å². The van der Waals surface area contributed by atoms with Crippen molar-refractivity contribution in [2.75, 3.05) is 0 Å². The smallest absolute Gasteiger partial charge is 0.213 e. The topological polar surface area (TPSA) is 47.8 Å². The zero-order valence-electron chi connectivity index (χ0n) is 8.79. The number of aromatic nitrogens is 3. The Bertz CT molecular complexity index is 773. The van der Waals surface area contributed by atoms with Gasteiger partial charge in [0.15, 0.2) is 0 Å². The van der Waals surface area contributed by atoms with Crippen LogP contribution in [0.3, 0.4) is 0 Å². The molecule has 4 nitrogen and oxygen atoms in total. The summed E-state index contributed by atoms with van der Waals surface area (Å²) in [7, 11) is 0. The number of fused-ring (bicyclic) bond motifs is 5. The lowest BCUT2D eigenvalue weighted by atomic mass is 10.1. The summed E-state index contributed by atoms with van der Waals surface area (Å²) < 4.78 is 1.88. The first-order valence-electron chi connectivity index (χ1n) is 5.32. The van der Waals surface area contributed by atoms with E-state index in [2.05, 4.69) is 9.97 Å². The molecule has 0 aliphatic carbocycles. The minimum Gasteiger partial charge on any atom is -0.311 e. The summed E-state index contributed by atoms with van der Waals surface area (Å²) in [5.41, 5.74) is 3.74. The van der Waals surface area contributed by atoms with Crippen molar-refractivity contribution in [1.29, 1.82) is 0 Å². The number of hydrogen-bond donors (Lipinski definition) is 0. The fourth-order valence-electron chi connectivity index (χ4n) is 2.32. The van der Waals surface area contributed by atoms with Gasteiger partial charge in [0.25, 0.3) is 0 Å². The number of pyridine rings is 2. The molecule has 17 heavy (non-hydrogen) atoms. The quantitative estimate of drug-likeness (QED) is 0.456. The molecule has 0 atom stereocenters. The maximum atomic E-state index is 12.1. The molecule has 1 aliphatic rings. The average Bonchev–Trinajstić information content (AvgIpc) is 2.93. The molecule has 0 amide bonds. The molecule has 0 bridgehead atoms. The Morgan fingerprint density at radius 3 is 3.00 bits per heavy atom. The van der Waals surface area contributed by atoms with Crippen molar-refractivity contribution in [2.45, 2.75) is 0 Å². The Morgan fingerprint density at radius 1 is 1.12 bits per heavy atom. The Kier molecular flexibility index (Phi) is 1.42.